The van der Waals surface area contributed by atoms with Crippen LogP contribution in [-0.2, 0) is 20.9 Å². The van der Waals surface area contributed by atoms with Crippen molar-refractivity contribution in [3.8, 4) is 17.6 Å². The molecular weight excluding hydrogens is 458 g/mol. The molecule has 0 atom stereocenters. The van der Waals surface area contributed by atoms with Crippen LogP contribution >= 0.6 is 0 Å². The van der Waals surface area contributed by atoms with Crippen molar-refractivity contribution in [1.82, 2.24) is 15.3 Å². The molecule has 2 aromatic carbocycles. The zero-order valence-corrected chi connectivity index (χ0v) is 20.7. The summed E-state index contributed by atoms with van der Waals surface area (Å²) in [5.74, 6) is 6.73. The molecule has 2 saturated heterocycles. The van der Waals surface area contributed by atoms with Gasteiger partial charge in [-0.15, -0.1) is 0 Å². The van der Waals surface area contributed by atoms with Gasteiger partial charge in [-0.3, -0.25) is 19.7 Å². The minimum atomic E-state index is -0.791. The normalized spacial score (nSPS) is 17.6. The lowest BCUT2D eigenvalue weighted by Crippen LogP contribution is -2.47. The maximum Gasteiger partial charge on any atom is 0.253 e. The van der Waals surface area contributed by atoms with E-state index in [-0.39, 0.29) is 12.5 Å². The third-order valence-electron chi connectivity index (χ3n) is 6.93. The molecule has 2 aliphatic heterocycles. The van der Waals surface area contributed by atoms with E-state index < -0.39 is 11.3 Å². The summed E-state index contributed by atoms with van der Waals surface area (Å²) in [5.41, 5.74) is 4.02. The van der Waals surface area contributed by atoms with Gasteiger partial charge in [0, 0.05) is 64.0 Å². The highest BCUT2D eigenvalue weighted by atomic mass is 16.5. The molecule has 2 fully saturated rings. The third kappa shape index (κ3) is 6.64. The van der Waals surface area contributed by atoms with Crippen molar-refractivity contribution in [2.45, 2.75) is 26.3 Å². The lowest BCUT2D eigenvalue weighted by Gasteiger charge is -2.34. The van der Waals surface area contributed by atoms with Crippen LogP contribution in [0, 0.1) is 17.3 Å². The number of amides is 2. The second kappa shape index (κ2) is 12.0. The van der Waals surface area contributed by atoms with E-state index >= 15 is 0 Å². The van der Waals surface area contributed by atoms with E-state index in [4.69, 9.17) is 14.7 Å². The highest BCUT2D eigenvalue weighted by molar-refractivity contribution is 5.81. The summed E-state index contributed by atoms with van der Waals surface area (Å²) in [5, 5.41) is 9.13. The largest absolute Gasteiger partial charge is 0.492 e. The van der Waals surface area contributed by atoms with Gasteiger partial charge in [-0.05, 0) is 54.8 Å². The predicted molar refractivity (Wildman–Crippen MR) is 134 cm³/mol. The number of piperazine rings is 1. The summed E-state index contributed by atoms with van der Waals surface area (Å²) in [6, 6.07) is 15.7. The zero-order chi connectivity index (χ0) is 25.4. The number of hydrogen-bond donors (Lipinski definition) is 2. The molecule has 0 bridgehead atoms. The number of hydroxylamine groups is 1. The topological polar surface area (TPSA) is 91.3 Å². The van der Waals surface area contributed by atoms with Crippen LogP contribution in [0.1, 0.15) is 36.5 Å². The molecule has 2 heterocycles. The first-order valence-electron chi connectivity index (χ1n) is 12.3. The fourth-order valence-corrected chi connectivity index (χ4v) is 4.49. The van der Waals surface area contributed by atoms with Crippen LogP contribution in [0.2, 0.25) is 0 Å². The van der Waals surface area contributed by atoms with Gasteiger partial charge in [-0.2, -0.15) is 0 Å². The van der Waals surface area contributed by atoms with Crippen molar-refractivity contribution in [1.29, 1.82) is 0 Å². The Kier molecular flexibility index (Phi) is 8.60. The second-order valence-electron chi connectivity index (χ2n) is 9.38. The maximum atomic E-state index is 12.2. The summed E-state index contributed by atoms with van der Waals surface area (Å²) < 4.78 is 11.2. The monoisotopic (exact) mass is 491 g/mol. The van der Waals surface area contributed by atoms with E-state index in [2.05, 4.69) is 28.9 Å². The fraction of sp³-hybridized carbons (Fsp3) is 0.429. The van der Waals surface area contributed by atoms with E-state index in [0.29, 0.717) is 31.8 Å². The molecule has 2 amide bonds. The SMILES string of the molecule is CC(=O)N1CCN(Cc2ccc(C#Cc3ccc(OCC4(C(=O)NO)CCOCC4)cc3)cc2)CC1. The second-order valence-corrected chi connectivity index (χ2v) is 9.38. The van der Waals surface area contributed by atoms with E-state index in [1.165, 1.54) is 5.56 Å². The van der Waals surface area contributed by atoms with E-state index in [9.17, 15) is 9.59 Å². The summed E-state index contributed by atoms with van der Waals surface area (Å²) >= 11 is 0. The Labute approximate surface area is 212 Å². The van der Waals surface area contributed by atoms with Gasteiger partial charge in [-0.25, -0.2) is 5.48 Å². The average Bonchev–Trinajstić information content (AvgIpc) is 2.92. The van der Waals surface area contributed by atoms with Gasteiger partial charge >= 0.3 is 0 Å². The first-order chi connectivity index (χ1) is 17.5. The first-order valence-corrected chi connectivity index (χ1v) is 12.3. The lowest BCUT2D eigenvalue weighted by atomic mass is 9.80. The number of benzene rings is 2. The Morgan fingerprint density at radius 3 is 2.11 bits per heavy atom. The summed E-state index contributed by atoms with van der Waals surface area (Å²) in [6.45, 7) is 6.96. The van der Waals surface area contributed by atoms with E-state index in [0.717, 1.165) is 43.9 Å². The molecule has 8 nitrogen and oxygen atoms in total. The van der Waals surface area contributed by atoms with Gasteiger partial charge in [0.2, 0.25) is 5.91 Å². The number of hydrogen-bond acceptors (Lipinski definition) is 6. The van der Waals surface area contributed by atoms with Crippen LogP contribution < -0.4 is 10.2 Å². The molecule has 190 valence electrons. The van der Waals surface area contributed by atoms with E-state index in [1.54, 1.807) is 12.4 Å². The molecule has 0 spiro atoms. The maximum absolute atomic E-state index is 12.2. The standard InChI is InChI=1S/C28H33N3O5/c1-22(32)31-16-14-30(15-17-31)20-25-6-4-23(5-7-25)2-3-24-8-10-26(11-9-24)36-21-28(27(33)29-34)12-18-35-19-13-28/h4-11,34H,12-21H2,1H3,(H,29,33). The Morgan fingerprint density at radius 1 is 0.972 bits per heavy atom. The molecule has 2 aliphatic rings. The molecule has 0 aromatic heterocycles. The van der Waals surface area contributed by atoms with Crippen LogP contribution in [-0.4, -0.2) is 72.8 Å². The minimum Gasteiger partial charge on any atom is -0.492 e. The highest BCUT2D eigenvalue weighted by Gasteiger charge is 2.41. The highest BCUT2D eigenvalue weighted by Crippen LogP contribution is 2.31. The number of rotatable bonds is 6. The average molecular weight is 492 g/mol. The third-order valence-corrected chi connectivity index (χ3v) is 6.93. The van der Waals surface area contributed by atoms with Crippen molar-refractivity contribution >= 4 is 11.8 Å². The van der Waals surface area contributed by atoms with Crippen LogP contribution in [0.15, 0.2) is 48.5 Å². The fourth-order valence-electron chi connectivity index (χ4n) is 4.49. The van der Waals surface area contributed by atoms with Gasteiger partial charge in [-0.1, -0.05) is 24.0 Å². The molecular formula is C28H33N3O5. The van der Waals surface area contributed by atoms with Crippen LogP contribution in [0.3, 0.4) is 0 Å². The van der Waals surface area contributed by atoms with Crippen LogP contribution in [0.5, 0.6) is 5.75 Å². The molecule has 2 aromatic rings. The molecule has 0 unspecified atom stereocenters. The van der Waals surface area contributed by atoms with Crippen molar-refractivity contribution in [2.75, 3.05) is 46.0 Å². The minimum absolute atomic E-state index is 0.148. The van der Waals surface area contributed by atoms with Gasteiger partial charge < -0.3 is 14.4 Å². The number of ether oxygens (including phenoxy) is 2. The number of carbonyl (C=O) groups is 2. The summed E-state index contributed by atoms with van der Waals surface area (Å²) in [7, 11) is 0. The molecule has 4 rings (SSSR count). The first kappa shape index (κ1) is 25.7. The molecule has 0 radical (unpaired) electrons. The van der Waals surface area contributed by atoms with E-state index in [1.807, 2.05) is 41.3 Å². The Morgan fingerprint density at radius 2 is 1.56 bits per heavy atom. The molecule has 8 heteroatoms. The zero-order valence-electron chi connectivity index (χ0n) is 20.7. The number of nitrogens with zero attached hydrogens (tertiary/aromatic N) is 2. The molecule has 0 aliphatic carbocycles. The van der Waals surface area contributed by atoms with Gasteiger partial charge in [0.1, 0.15) is 12.4 Å². The number of carbonyl (C=O) groups excluding carboxylic acids is 2. The van der Waals surface area contributed by atoms with Crippen molar-refractivity contribution < 1.29 is 24.3 Å². The Hall–Kier alpha value is -3.38. The van der Waals surface area contributed by atoms with Crippen molar-refractivity contribution in [3.63, 3.8) is 0 Å². The number of nitrogens with one attached hydrogen (secondary N) is 1. The van der Waals surface area contributed by atoms with Crippen LogP contribution in [0.25, 0.3) is 0 Å². The van der Waals surface area contributed by atoms with Gasteiger partial charge in [0.15, 0.2) is 0 Å². The lowest BCUT2D eigenvalue weighted by molar-refractivity contribution is -0.148. The molecule has 0 saturated carbocycles. The Bertz CT molecular complexity index is 1090. The molecule has 36 heavy (non-hydrogen) atoms. The van der Waals surface area contributed by atoms with Gasteiger partial charge in [0.25, 0.3) is 5.91 Å². The molecule has 2 N–H and O–H groups in total. The predicted octanol–water partition coefficient (Wildman–Crippen LogP) is 2.43. The van der Waals surface area contributed by atoms with Gasteiger partial charge in [0.05, 0.1) is 5.41 Å². The summed E-state index contributed by atoms with van der Waals surface area (Å²) in [4.78, 5) is 27.9. The van der Waals surface area contributed by atoms with Crippen molar-refractivity contribution in [2.24, 2.45) is 5.41 Å². The van der Waals surface area contributed by atoms with Crippen molar-refractivity contribution in [3.05, 3.63) is 65.2 Å². The van der Waals surface area contributed by atoms with Crippen LogP contribution in [0.4, 0.5) is 0 Å². The quantitative estimate of drug-likeness (QED) is 0.367. The Balaban J connectivity index is 1.29. The summed E-state index contributed by atoms with van der Waals surface area (Å²) in [6.07, 6.45) is 0.997. The smallest absolute Gasteiger partial charge is 0.253 e.